The van der Waals surface area contributed by atoms with Crippen LogP contribution in [0.3, 0.4) is 0 Å². The van der Waals surface area contributed by atoms with Crippen molar-refractivity contribution in [2.45, 2.75) is 45.2 Å². The number of H-pyrrole nitrogens is 1. The Bertz CT molecular complexity index is 852. The summed E-state index contributed by atoms with van der Waals surface area (Å²) in [6, 6.07) is 5.04. The van der Waals surface area contributed by atoms with Gasteiger partial charge in [-0.15, -0.1) is 0 Å². The molecule has 6 heteroatoms. The molecule has 3 heterocycles. The fourth-order valence-electron chi connectivity index (χ4n) is 3.75. The van der Waals surface area contributed by atoms with E-state index in [0.717, 1.165) is 49.3 Å². The molecule has 3 aromatic rings. The maximum Gasteiger partial charge on any atom is 0.125 e. The van der Waals surface area contributed by atoms with Crippen LogP contribution >= 0.6 is 0 Å². The van der Waals surface area contributed by atoms with Gasteiger partial charge in [-0.25, -0.2) is 9.37 Å². The van der Waals surface area contributed by atoms with Crippen LogP contribution < -0.4 is 0 Å². The monoisotopic (exact) mass is 341 g/mol. The van der Waals surface area contributed by atoms with E-state index in [-0.39, 0.29) is 5.82 Å². The lowest BCUT2D eigenvalue weighted by Crippen LogP contribution is -2.35. The third-order valence-corrected chi connectivity index (χ3v) is 4.99. The Labute approximate surface area is 146 Å². The number of halogens is 1. The van der Waals surface area contributed by atoms with E-state index in [0.29, 0.717) is 6.04 Å². The molecule has 25 heavy (non-hydrogen) atoms. The molecule has 132 valence electrons. The van der Waals surface area contributed by atoms with Gasteiger partial charge in [-0.1, -0.05) is 6.42 Å². The molecule has 0 spiro atoms. The SMILES string of the molecule is Cc1cnn(CCCN2CCCC[C@@H]2c2nc3ccc(F)cc3[nH]2)c1. The van der Waals surface area contributed by atoms with Crippen LogP contribution in [0.5, 0.6) is 0 Å². The van der Waals surface area contributed by atoms with Crippen molar-refractivity contribution in [1.29, 1.82) is 0 Å². The molecule has 0 radical (unpaired) electrons. The second-order valence-corrected chi connectivity index (χ2v) is 6.97. The van der Waals surface area contributed by atoms with Gasteiger partial charge in [-0.05, 0) is 56.5 Å². The van der Waals surface area contributed by atoms with E-state index in [1.54, 1.807) is 6.07 Å². The number of nitrogens with zero attached hydrogens (tertiary/aromatic N) is 4. The van der Waals surface area contributed by atoms with Crippen molar-refractivity contribution in [3.63, 3.8) is 0 Å². The maximum absolute atomic E-state index is 13.4. The Morgan fingerprint density at radius 1 is 1.28 bits per heavy atom. The molecule has 0 aliphatic carbocycles. The molecule has 1 N–H and O–H groups in total. The van der Waals surface area contributed by atoms with E-state index in [1.807, 2.05) is 10.9 Å². The Hall–Kier alpha value is -2.21. The highest BCUT2D eigenvalue weighted by atomic mass is 19.1. The number of nitrogens with one attached hydrogen (secondary N) is 1. The largest absolute Gasteiger partial charge is 0.341 e. The van der Waals surface area contributed by atoms with Crippen molar-refractivity contribution in [3.8, 4) is 0 Å². The van der Waals surface area contributed by atoms with Gasteiger partial charge in [0.15, 0.2) is 0 Å². The van der Waals surface area contributed by atoms with E-state index < -0.39 is 0 Å². The Balaban J connectivity index is 1.46. The van der Waals surface area contributed by atoms with Crippen molar-refractivity contribution in [2.24, 2.45) is 0 Å². The molecule has 0 unspecified atom stereocenters. The first kappa shape index (κ1) is 16.3. The summed E-state index contributed by atoms with van der Waals surface area (Å²) in [7, 11) is 0. The van der Waals surface area contributed by atoms with Gasteiger partial charge < -0.3 is 4.98 Å². The van der Waals surface area contributed by atoms with Crippen LogP contribution in [0.2, 0.25) is 0 Å². The number of aromatic nitrogens is 4. The highest BCUT2D eigenvalue weighted by molar-refractivity contribution is 5.75. The maximum atomic E-state index is 13.4. The van der Waals surface area contributed by atoms with Gasteiger partial charge in [0.2, 0.25) is 0 Å². The third-order valence-electron chi connectivity index (χ3n) is 4.99. The molecule has 4 rings (SSSR count). The molecule has 0 saturated carbocycles. The quantitative estimate of drug-likeness (QED) is 0.767. The zero-order valence-electron chi connectivity index (χ0n) is 14.6. The minimum absolute atomic E-state index is 0.224. The van der Waals surface area contributed by atoms with Crippen LogP contribution in [0.4, 0.5) is 4.39 Å². The number of hydrogen-bond acceptors (Lipinski definition) is 3. The lowest BCUT2D eigenvalue weighted by Gasteiger charge is -2.34. The number of likely N-dealkylation sites (tertiary alicyclic amines) is 1. The molecule has 1 fully saturated rings. The second kappa shape index (κ2) is 6.96. The van der Waals surface area contributed by atoms with Gasteiger partial charge in [0.1, 0.15) is 11.6 Å². The molecule has 5 nitrogen and oxygen atoms in total. The minimum Gasteiger partial charge on any atom is -0.341 e. The molecule has 1 aliphatic heterocycles. The second-order valence-electron chi connectivity index (χ2n) is 6.97. The van der Waals surface area contributed by atoms with Crippen LogP contribution in [0.25, 0.3) is 11.0 Å². The highest BCUT2D eigenvalue weighted by Crippen LogP contribution is 2.30. The fraction of sp³-hybridized carbons (Fsp3) is 0.474. The van der Waals surface area contributed by atoms with E-state index in [2.05, 4.69) is 28.1 Å². The van der Waals surface area contributed by atoms with Crippen molar-refractivity contribution in [3.05, 3.63) is 47.8 Å². The molecule has 1 aromatic carbocycles. The Kier molecular flexibility index (Phi) is 4.53. The third kappa shape index (κ3) is 3.58. The molecule has 1 atom stereocenters. The number of fused-ring (bicyclic) bond motifs is 1. The molecule has 1 saturated heterocycles. The number of hydrogen-bond donors (Lipinski definition) is 1. The van der Waals surface area contributed by atoms with Gasteiger partial charge in [0, 0.05) is 19.3 Å². The van der Waals surface area contributed by atoms with E-state index in [4.69, 9.17) is 4.98 Å². The number of aromatic amines is 1. The number of piperidine rings is 1. The minimum atomic E-state index is -0.224. The van der Waals surface area contributed by atoms with Crippen molar-refractivity contribution in [2.75, 3.05) is 13.1 Å². The Morgan fingerprint density at radius 3 is 3.04 bits per heavy atom. The summed E-state index contributed by atoms with van der Waals surface area (Å²) in [6.45, 7) is 5.11. The fourth-order valence-corrected chi connectivity index (χ4v) is 3.75. The van der Waals surface area contributed by atoms with Crippen LogP contribution in [0.15, 0.2) is 30.6 Å². The molecule has 1 aliphatic rings. The first-order chi connectivity index (χ1) is 12.2. The Morgan fingerprint density at radius 2 is 2.20 bits per heavy atom. The molecule has 0 amide bonds. The van der Waals surface area contributed by atoms with Crippen molar-refractivity contribution < 1.29 is 4.39 Å². The topological polar surface area (TPSA) is 49.7 Å². The molecular formula is C19H24FN5. The lowest BCUT2D eigenvalue weighted by atomic mass is 10.0. The van der Waals surface area contributed by atoms with Gasteiger partial charge in [0.25, 0.3) is 0 Å². The van der Waals surface area contributed by atoms with Crippen LogP contribution in [0, 0.1) is 12.7 Å². The van der Waals surface area contributed by atoms with E-state index in [1.165, 1.54) is 30.5 Å². The predicted molar refractivity (Wildman–Crippen MR) is 95.8 cm³/mol. The lowest BCUT2D eigenvalue weighted by molar-refractivity contribution is 0.139. The molecule has 2 aromatic heterocycles. The van der Waals surface area contributed by atoms with Gasteiger partial charge in [0.05, 0.1) is 23.3 Å². The molecule has 0 bridgehead atoms. The first-order valence-corrected chi connectivity index (χ1v) is 9.07. The van der Waals surface area contributed by atoms with Crippen molar-refractivity contribution >= 4 is 11.0 Å². The van der Waals surface area contributed by atoms with Gasteiger partial charge in [-0.2, -0.15) is 5.10 Å². The van der Waals surface area contributed by atoms with Crippen LogP contribution in [-0.4, -0.2) is 37.7 Å². The highest BCUT2D eigenvalue weighted by Gasteiger charge is 2.26. The summed E-state index contributed by atoms with van der Waals surface area (Å²) < 4.78 is 15.4. The molecular weight excluding hydrogens is 317 g/mol. The van der Waals surface area contributed by atoms with Gasteiger partial charge in [-0.3, -0.25) is 9.58 Å². The average Bonchev–Trinajstić information content (AvgIpc) is 3.21. The van der Waals surface area contributed by atoms with E-state index in [9.17, 15) is 4.39 Å². The number of benzene rings is 1. The normalized spacial score (nSPS) is 18.9. The van der Waals surface area contributed by atoms with Crippen molar-refractivity contribution in [1.82, 2.24) is 24.6 Å². The van der Waals surface area contributed by atoms with Gasteiger partial charge >= 0.3 is 0 Å². The smallest absolute Gasteiger partial charge is 0.125 e. The summed E-state index contributed by atoms with van der Waals surface area (Å²) in [5.74, 6) is 0.743. The summed E-state index contributed by atoms with van der Waals surface area (Å²) in [4.78, 5) is 10.6. The summed E-state index contributed by atoms with van der Waals surface area (Å²) in [5, 5.41) is 4.36. The number of aryl methyl sites for hydroxylation is 2. The summed E-state index contributed by atoms with van der Waals surface area (Å²) >= 11 is 0. The van der Waals surface area contributed by atoms with Crippen LogP contribution in [0.1, 0.15) is 43.1 Å². The summed E-state index contributed by atoms with van der Waals surface area (Å²) in [6.07, 6.45) is 8.59. The number of rotatable bonds is 5. The first-order valence-electron chi connectivity index (χ1n) is 9.07. The standard InChI is InChI=1S/C19H24FN5/c1-14-12-21-25(13-14)10-4-9-24-8-3-2-5-18(24)19-22-16-7-6-15(20)11-17(16)23-19/h6-7,11-13,18H,2-5,8-10H2,1H3,(H,22,23)/t18-/m1/s1. The average molecular weight is 341 g/mol. The van der Waals surface area contributed by atoms with E-state index >= 15 is 0 Å². The summed E-state index contributed by atoms with van der Waals surface area (Å²) in [5.41, 5.74) is 2.83. The predicted octanol–water partition coefficient (Wildman–Crippen LogP) is 3.82. The zero-order valence-corrected chi connectivity index (χ0v) is 14.6. The number of imidazole rings is 1. The zero-order chi connectivity index (χ0) is 17.2. The van der Waals surface area contributed by atoms with Crippen LogP contribution in [-0.2, 0) is 6.54 Å².